The fourth-order valence-electron chi connectivity index (χ4n) is 2.40. The summed E-state index contributed by atoms with van der Waals surface area (Å²) in [5.41, 5.74) is 8.90. The van der Waals surface area contributed by atoms with Crippen molar-refractivity contribution < 1.29 is 4.74 Å². The Hall–Kier alpha value is -1.00. The topological polar surface area (TPSA) is 61.0 Å². The number of hydrogen-bond acceptors (Lipinski definition) is 4. The van der Waals surface area contributed by atoms with Gasteiger partial charge >= 0.3 is 0 Å². The highest BCUT2D eigenvalue weighted by Crippen LogP contribution is 2.34. The maximum absolute atomic E-state index is 5.88. The van der Waals surface area contributed by atoms with Crippen molar-refractivity contribution in [3.63, 3.8) is 0 Å². The molecule has 1 aromatic rings. The molecule has 1 rings (SSSR count). The molecule has 0 radical (unpaired) electrons. The average Bonchev–Trinajstić information content (AvgIpc) is 2.33. The highest BCUT2D eigenvalue weighted by atomic mass is 16.5. The van der Waals surface area contributed by atoms with E-state index in [1.54, 1.807) is 0 Å². The Kier molecular flexibility index (Phi) is 6.08. The number of aromatic nitrogens is 2. The lowest BCUT2D eigenvalue weighted by Gasteiger charge is -2.29. The lowest BCUT2D eigenvalue weighted by molar-refractivity contribution is -0.0193. The number of hydrogen-bond donors (Lipinski definition) is 1. The Morgan fingerprint density at radius 1 is 1.15 bits per heavy atom. The molecule has 0 saturated carbocycles. The van der Waals surface area contributed by atoms with Crippen molar-refractivity contribution in [3.8, 4) is 0 Å². The summed E-state index contributed by atoms with van der Waals surface area (Å²) in [5.74, 6) is 0.797. The summed E-state index contributed by atoms with van der Waals surface area (Å²) in [4.78, 5) is 9.39. The third kappa shape index (κ3) is 4.25. The Balaban J connectivity index is 3.13. The van der Waals surface area contributed by atoms with Crippen molar-refractivity contribution in [2.45, 2.75) is 60.5 Å². The first-order chi connectivity index (χ1) is 9.31. The van der Waals surface area contributed by atoms with Crippen LogP contribution < -0.4 is 5.73 Å². The van der Waals surface area contributed by atoms with Crippen molar-refractivity contribution in [1.29, 1.82) is 0 Å². The Morgan fingerprint density at radius 3 is 2.10 bits per heavy atom. The van der Waals surface area contributed by atoms with Gasteiger partial charge < -0.3 is 10.5 Å². The molecule has 0 spiro atoms. The molecule has 0 fully saturated rings. The predicted molar refractivity (Wildman–Crippen MR) is 82.7 cm³/mol. The van der Waals surface area contributed by atoms with Crippen LogP contribution in [0, 0.1) is 19.3 Å². The van der Waals surface area contributed by atoms with Gasteiger partial charge in [0, 0.05) is 18.0 Å². The van der Waals surface area contributed by atoms with Crippen LogP contribution in [0.1, 0.15) is 63.0 Å². The van der Waals surface area contributed by atoms with Crippen molar-refractivity contribution in [2.75, 3.05) is 13.2 Å². The molecule has 2 N–H and O–H groups in total. The standard InChI is InChI=1S/C16H29N3O/c1-7-20-14(16(4,5)6)15-18-11(2)13(9-8-10-17)12(3)19-15/h14H,7-10,17H2,1-6H3. The van der Waals surface area contributed by atoms with Crippen LogP contribution in [-0.2, 0) is 11.2 Å². The van der Waals surface area contributed by atoms with E-state index in [2.05, 4.69) is 34.6 Å². The van der Waals surface area contributed by atoms with Crippen LogP contribution in [0.2, 0.25) is 0 Å². The van der Waals surface area contributed by atoms with Crippen molar-refractivity contribution in [2.24, 2.45) is 11.1 Å². The summed E-state index contributed by atoms with van der Waals surface area (Å²) in [6.45, 7) is 13.9. The quantitative estimate of drug-likeness (QED) is 0.869. The molecule has 4 nitrogen and oxygen atoms in total. The Morgan fingerprint density at radius 2 is 1.70 bits per heavy atom. The zero-order valence-electron chi connectivity index (χ0n) is 13.8. The van der Waals surface area contributed by atoms with Gasteiger partial charge in [0.25, 0.3) is 0 Å². The third-order valence-corrected chi connectivity index (χ3v) is 3.42. The lowest BCUT2D eigenvalue weighted by atomic mass is 9.88. The maximum Gasteiger partial charge on any atom is 0.158 e. The van der Waals surface area contributed by atoms with Gasteiger partial charge in [-0.15, -0.1) is 0 Å². The monoisotopic (exact) mass is 279 g/mol. The van der Waals surface area contributed by atoms with Gasteiger partial charge in [0.05, 0.1) is 0 Å². The van der Waals surface area contributed by atoms with Crippen LogP contribution >= 0.6 is 0 Å². The van der Waals surface area contributed by atoms with Gasteiger partial charge in [-0.3, -0.25) is 0 Å². The minimum Gasteiger partial charge on any atom is -0.370 e. The van der Waals surface area contributed by atoms with Gasteiger partial charge in [0.15, 0.2) is 5.82 Å². The van der Waals surface area contributed by atoms with E-state index in [-0.39, 0.29) is 11.5 Å². The molecule has 0 aliphatic carbocycles. The van der Waals surface area contributed by atoms with Gasteiger partial charge in [-0.25, -0.2) is 9.97 Å². The molecule has 0 saturated heterocycles. The molecule has 1 aromatic heterocycles. The molecule has 4 heteroatoms. The highest BCUT2D eigenvalue weighted by molar-refractivity contribution is 5.25. The second-order valence-corrected chi connectivity index (χ2v) is 6.32. The molecular formula is C16H29N3O. The summed E-state index contributed by atoms with van der Waals surface area (Å²) in [5, 5.41) is 0. The number of ether oxygens (including phenoxy) is 1. The third-order valence-electron chi connectivity index (χ3n) is 3.42. The molecule has 0 amide bonds. The molecule has 1 heterocycles. The lowest BCUT2D eigenvalue weighted by Crippen LogP contribution is -2.24. The predicted octanol–water partition coefficient (Wildman–Crippen LogP) is 3.11. The van der Waals surface area contributed by atoms with E-state index in [0.717, 1.165) is 30.1 Å². The minimum absolute atomic E-state index is 0.0202. The van der Waals surface area contributed by atoms with E-state index in [1.807, 2.05) is 6.92 Å². The van der Waals surface area contributed by atoms with Crippen molar-refractivity contribution in [1.82, 2.24) is 9.97 Å². The first-order valence-electron chi connectivity index (χ1n) is 7.47. The molecule has 0 bridgehead atoms. The van der Waals surface area contributed by atoms with E-state index in [4.69, 9.17) is 20.4 Å². The van der Waals surface area contributed by atoms with E-state index < -0.39 is 0 Å². The number of nitrogens with two attached hydrogens (primary N) is 1. The smallest absolute Gasteiger partial charge is 0.158 e. The van der Waals surface area contributed by atoms with Crippen molar-refractivity contribution >= 4 is 0 Å². The van der Waals surface area contributed by atoms with Gasteiger partial charge in [0.1, 0.15) is 6.10 Å². The average molecular weight is 279 g/mol. The van der Waals surface area contributed by atoms with Gasteiger partial charge in [-0.05, 0) is 51.1 Å². The zero-order chi connectivity index (χ0) is 15.3. The number of aryl methyl sites for hydroxylation is 2. The minimum atomic E-state index is -0.0755. The van der Waals surface area contributed by atoms with Crippen LogP contribution in [0.4, 0.5) is 0 Å². The van der Waals surface area contributed by atoms with Gasteiger partial charge in [0.2, 0.25) is 0 Å². The molecular weight excluding hydrogens is 250 g/mol. The number of nitrogens with zero attached hydrogens (tertiary/aromatic N) is 2. The van der Waals surface area contributed by atoms with Crippen LogP contribution in [0.3, 0.4) is 0 Å². The van der Waals surface area contributed by atoms with Gasteiger partial charge in [-0.2, -0.15) is 0 Å². The first kappa shape index (κ1) is 17.1. The second-order valence-electron chi connectivity index (χ2n) is 6.32. The van der Waals surface area contributed by atoms with E-state index in [9.17, 15) is 0 Å². The number of rotatable bonds is 6. The normalized spacial score (nSPS) is 13.6. The summed E-state index contributed by atoms with van der Waals surface area (Å²) < 4.78 is 5.88. The zero-order valence-corrected chi connectivity index (χ0v) is 13.8. The largest absolute Gasteiger partial charge is 0.370 e. The molecule has 1 atom stereocenters. The van der Waals surface area contributed by atoms with E-state index >= 15 is 0 Å². The summed E-state index contributed by atoms with van der Waals surface area (Å²) in [6, 6.07) is 0. The fraction of sp³-hybridized carbons (Fsp3) is 0.750. The molecule has 114 valence electrons. The van der Waals surface area contributed by atoms with Crippen molar-refractivity contribution in [3.05, 3.63) is 22.8 Å². The first-order valence-corrected chi connectivity index (χ1v) is 7.47. The van der Waals surface area contributed by atoms with Crippen LogP contribution in [0.5, 0.6) is 0 Å². The molecule has 1 unspecified atom stereocenters. The van der Waals surface area contributed by atoms with E-state index in [0.29, 0.717) is 13.2 Å². The Bertz CT molecular complexity index is 415. The summed E-state index contributed by atoms with van der Waals surface area (Å²) in [6.07, 6.45) is 1.84. The van der Waals surface area contributed by atoms with E-state index in [1.165, 1.54) is 5.56 Å². The molecule has 0 aromatic carbocycles. The second kappa shape index (κ2) is 7.14. The molecule has 20 heavy (non-hydrogen) atoms. The maximum atomic E-state index is 5.88. The molecule has 0 aliphatic heterocycles. The fourth-order valence-corrected chi connectivity index (χ4v) is 2.40. The van der Waals surface area contributed by atoms with Crippen LogP contribution in [-0.4, -0.2) is 23.1 Å². The van der Waals surface area contributed by atoms with Crippen LogP contribution in [0.15, 0.2) is 0 Å². The van der Waals surface area contributed by atoms with Crippen LogP contribution in [0.25, 0.3) is 0 Å². The summed E-state index contributed by atoms with van der Waals surface area (Å²) in [7, 11) is 0. The Labute approximate surface area is 123 Å². The summed E-state index contributed by atoms with van der Waals surface area (Å²) >= 11 is 0. The highest BCUT2D eigenvalue weighted by Gasteiger charge is 2.30. The van der Waals surface area contributed by atoms with Gasteiger partial charge in [-0.1, -0.05) is 20.8 Å². The molecule has 0 aliphatic rings. The SMILES string of the molecule is CCOC(c1nc(C)c(CCCN)c(C)n1)C(C)(C)C.